The van der Waals surface area contributed by atoms with Crippen LogP contribution in [0, 0.1) is 0 Å². The van der Waals surface area contributed by atoms with E-state index in [-0.39, 0.29) is 24.3 Å². The van der Waals surface area contributed by atoms with Gasteiger partial charge in [0.15, 0.2) is 0 Å². The molecule has 0 atom stereocenters. The van der Waals surface area contributed by atoms with Crippen molar-refractivity contribution in [3.8, 4) is 5.75 Å². The molecule has 0 spiro atoms. The predicted octanol–water partition coefficient (Wildman–Crippen LogP) is 3.35. The van der Waals surface area contributed by atoms with Crippen LogP contribution >= 0.6 is 0 Å². The first-order valence-electron chi connectivity index (χ1n) is 11.5. The molecule has 4 rings (SSSR count). The number of methoxy groups -OCH3 is 1. The van der Waals surface area contributed by atoms with Crippen molar-refractivity contribution in [3.05, 3.63) is 59.7 Å². The Bertz CT molecular complexity index is 981. The number of rotatable bonds is 5. The van der Waals surface area contributed by atoms with E-state index in [9.17, 15) is 23.1 Å². The highest BCUT2D eigenvalue weighted by molar-refractivity contribution is 5.78. The van der Waals surface area contributed by atoms with Crippen molar-refractivity contribution in [2.45, 2.75) is 24.6 Å². The van der Waals surface area contributed by atoms with E-state index in [4.69, 9.17) is 4.74 Å². The van der Waals surface area contributed by atoms with E-state index in [1.807, 2.05) is 24.3 Å². The molecule has 0 radical (unpaired) electrons. The van der Waals surface area contributed by atoms with Gasteiger partial charge in [0, 0.05) is 45.0 Å². The highest BCUT2D eigenvalue weighted by atomic mass is 19.4. The molecule has 0 aromatic heterocycles. The second-order valence-electron chi connectivity index (χ2n) is 8.95. The van der Waals surface area contributed by atoms with Crippen molar-refractivity contribution >= 4 is 11.6 Å². The van der Waals surface area contributed by atoms with Crippen LogP contribution in [0.25, 0.3) is 0 Å². The first kappa shape index (κ1) is 24.3. The van der Waals surface area contributed by atoms with Gasteiger partial charge >= 0.3 is 6.18 Å². The molecule has 2 aromatic rings. The first-order chi connectivity index (χ1) is 16.2. The van der Waals surface area contributed by atoms with Gasteiger partial charge in [0.25, 0.3) is 0 Å². The summed E-state index contributed by atoms with van der Waals surface area (Å²) in [6.07, 6.45) is -4.03. The maximum absolute atomic E-state index is 13.1. The van der Waals surface area contributed by atoms with Crippen molar-refractivity contribution < 1.29 is 27.8 Å². The van der Waals surface area contributed by atoms with Gasteiger partial charge in [-0.2, -0.15) is 13.2 Å². The lowest BCUT2D eigenvalue weighted by atomic mass is 9.83. The fourth-order valence-corrected chi connectivity index (χ4v) is 4.65. The zero-order valence-electron chi connectivity index (χ0n) is 19.2. The van der Waals surface area contributed by atoms with Gasteiger partial charge in [-0.15, -0.1) is 0 Å². The summed E-state index contributed by atoms with van der Waals surface area (Å²) >= 11 is 0. The van der Waals surface area contributed by atoms with Crippen molar-refractivity contribution in [2.24, 2.45) is 0 Å². The Kier molecular flexibility index (Phi) is 7.04. The summed E-state index contributed by atoms with van der Waals surface area (Å²) in [5.41, 5.74) is -0.756. The number of anilines is 1. The number of aliphatic hydroxyl groups is 1. The monoisotopic (exact) mass is 477 g/mol. The number of hydrogen-bond donors (Lipinski definition) is 1. The number of piperidine rings is 1. The number of hydrogen-bond acceptors (Lipinski definition) is 5. The third kappa shape index (κ3) is 5.47. The predicted molar refractivity (Wildman–Crippen MR) is 123 cm³/mol. The lowest BCUT2D eigenvalue weighted by molar-refractivity contribution is -0.137. The molecule has 0 aliphatic carbocycles. The third-order valence-electron chi connectivity index (χ3n) is 6.84. The molecule has 1 amide bonds. The van der Waals surface area contributed by atoms with Crippen molar-refractivity contribution in [2.75, 3.05) is 57.8 Å². The Labute approximate surface area is 197 Å². The largest absolute Gasteiger partial charge is 0.497 e. The van der Waals surface area contributed by atoms with Gasteiger partial charge < -0.3 is 19.6 Å². The number of carbonyl (C=O) groups excluding carboxylic acids is 1. The standard InChI is InChI=1S/C25H30F3N3O3/c1-34-22-7-5-21(6-8-22)30-15-13-29(14-16-30)18-23(32)31-11-9-24(33,10-12-31)19-3-2-4-20(17-19)25(26,27)28/h2-8,17,33H,9-16,18H2,1H3. The zero-order valence-corrected chi connectivity index (χ0v) is 19.2. The van der Waals surface area contributed by atoms with Crippen molar-refractivity contribution in [1.82, 2.24) is 9.80 Å². The van der Waals surface area contributed by atoms with Crippen LogP contribution in [0.1, 0.15) is 24.0 Å². The maximum atomic E-state index is 13.1. The summed E-state index contributed by atoms with van der Waals surface area (Å²) in [6, 6.07) is 12.8. The van der Waals surface area contributed by atoms with E-state index in [0.29, 0.717) is 19.6 Å². The molecule has 184 valence electrons. The molecular weight excluding hydrogens is 447 g/mol. The van der Waals surface area contributed by atoms with Gasteiger partial charge in [-0.25, -0.2) is 0 Å². The summed E-state index contributed by atoms with van der Waals surface area (Å²) < 4.78 is 44.4. The highest BCUT2D eigenvalue weighted by Crippen LogP contribution is 2.36. The number of ether oxygens (including phenoxy) is 1. The topological polar surface area (TPSA) is 56.2 Å². The first-order valence-corrected chi connectivity index (χ1v) is 11.5. The van der Waals surface area contributed by atoms with Crippen LogP contribution in [0.3, 0.4) is 0 Å². The molecule has 9 heteroatoms. The lowest BCUT2D eigenvalue weighted by Crippen LogP contribution is -2.52. The second-order valence-corrected chi connectivity index (χ2v) is 8.95. The lowest BCUT2D eigenvalue weighted by Gasteiger charge is -2.40. The van der Waals surface area contributed by atoms with Gasteiger partial charge in [-0.1, -0.05) is 12.1 Å². The van der Waals surface area contributed by atoms with E-state index >= 15 is 0 Å². The van der Waals surface area contributed by atoms with Crippen LogP contribution in [0.15, 0.2) is 48.5 Å². The Morgan fingerprint density at radius 3 is 2.24 bits per heavy atom. The Balaban J connectivity index is 1.27. The smallest absolute Gasteiger partial charge is 0.416 e. The Morgan fingerprint density at radius 2 is 1.65 bits per heavy atom. The Hall–Kier alpha value is -2.78. The minimum Gasteiger partial charge on any atom is -0.497 e. The van der Waals surface area contributed by atoms with E-state index in [2.05, 4.69) is 9.80 Å². The van der Waals surface area contributed by atoms with E-state index in [0.717, 1.165) is 49.7 Å². The summed E-state index contributed by atoms with van der Waals surface area (Å²) in [5, 5.41) is 11.0. The fraction of sp³-hybridized carbons (Fsp3) is 0.480. The molecule has 2 aliphatic heterocycles. The molecule has 1 N–H and O–H groups in total. The number of piperazine rings is 1. The second kappa shape index (κ2) is 9.84. The normalized spacial score (nSPS) is 19.2. The van der Waals surface area contributed by atoms with Gasteiger partial charge in [-0.3, -0.25) is 9.69 Å². The molecule has 0 saturated carbocycles. The maximum Gasteiger partial charge on any atom is 0.416 e. The number of halogens is 3. The van der Waals surface area contributed by atoms with Gasteiger partial charge in [0.05, 0.1) is 24.8 Å². The van der Waals surface area contributed by atoms with E-state index in [1.165, 1.54) is 12.1 Å². The molecule has 0 unspecified atom stereocenters. The van der Waals surface area contributed by atoms with Gasteiger partial charge in [0.1, 0.15) is 5.75 Å². The average Bonchev–Trinajstić information content (AvgIpc) is 2.84. The van der Waals surface area contributed by atoms with Crippen LogP contribution < -0.4 is 9.64 Å². The van der Waals surface area contributed by atoms with Crippen LogP contribution in [0.2, 0.25) is 0 Å². The summed E-state index contributed by atoms with van der Waals surface area (Å²) in [4.78, 5) is 18.9. The molecule has 2 heterocycles. The molecule has 34 heavy (non-hydrogen) atoms. The number of carbonyl (C=O) groups is 1. The van der Waals surface area contributed by atoms with Crippen LogP contribution in [-0.4, -0.2) is 73.7 Å². The van der Waals surface area contributed by atoms with Gasteiger partial charge in [-0.05, 0) is 54.8 Å². The van der Waals surface area contributed by atoms with Crippen LogP contribution in [0.5, 0.6) is 5.75 Å². The molecule has 2 fully saturated rings. The number of amides is 1. The molecule has 2 saturated heterocycles. The molecule has 6 nitrogen and oxygen atoms in total. The SMILES string of the molecule is COc1ccc(N2CCN(CC(=O)N3CCC(O)(c4cccc(C(F)(F)F)c4)CC3)CC2)cc1. The van der Waals surface area contributed by atoms with Gasteiger partial charge in [0.2, 0.25) is 5.91 Å². The summed E-state index contributed by atoms with van der Waals surface area (Å²) in [7, 11) is 1.64. The number of nitrogens with zero attached hydrogens (tertiary/aromatic N) is 3. The molecule has 2 aromatic carbocycles. The average molecular weight is 478 g/mol. The molecular formula is C25H30F3N3O3. The minimum absolute atomic E-state index is 0.0102. The quantitative estimate of drug-likeness (QED) is 0.716. The van der Waals surface area contributed by atoms with Crippen LogP contribution in [-0.2, 0) is 16.6 Å². The summed E-state index contributed by atoms with van der Waals surface area (Å²) in [6.45, 7) is 4.09. The van der Waals surface area contributed by atoms with Crippen LogP contribution in [0.4, 0.5) is 18.9 Å². The number of benzene rings is 2. The Morgan fingerprint density at radius 1 is 1.00 bits per heavy atom. The number of likely N-dealkylation sites (tertiary alicyclic amines) is 1. The fourth-order valence-electron chi connectivity index (χ4n) is 4.65. The number of alkyl halides is 3. The molecule has 2 aliphatic rings. The van der Waals surface area contributed by atoms with E-state index in [1.54, 1.807) is 12.0 Å². The summed E-state index contributed by atoms with van der Waals surface area (Å²) in [5.74, 6) is 0.804. The minimum atomic E-state index is -4.46. The van der Waals surface area contributed by atoms with Crippen molar-refractivity contribution in [1.29, 1.82) is 0 Å². The third-order valence-corrected chi connectivity index (χ3v) is 6.84. The molecule has 0 bridgehead atoms. The van der Waals surface area contributed by atoms with Crippen molar-refractivity contribution in [3.63, 3.8) is 0 Å². The zero-order chi connectivity index (χ0) is 24.3. The highest BCUT2D eigenvalue weighted by Gasteiger charge is 2.38. The van der Waals surface area contributed by atoms with E-state index < -0.39 is 17.3 Å².